The zero-order valence-electron chi connectivity index (χ0n) is 16.3. The second kappa shape index (κ2) is 8.73. The van der Waals surface area contributed by atoms with Crippen molar-refractivity contribution in [2.45, 2.75) is 6.92 Å². The molecular weight excluding hydrogens is 399 g/mol. The van der Waals surface area contributed by atoms with Crippen LogP contribution in [0.5, 0.6) is 11.6 Å². The van der Waals surface area contributed by atoms with Gasteiger partial charge < -0.3 is 20.1 Å². The molecule has 0 aliphatic heterocycles. The lowest BCUT2D eigenvalue weighted by Gasteiger charge is -2.16. The van der Waals surface area contributed by atoms with E-state index in [0.717, 1.165) is 24.3 Å². The van der Waals surface area contributed by atoms with Crippen LogP contribution >= 0.6 is 0 Å². The maximum absolute atomic E-state index is 13.9. The Bertz CT molecular complexity index is 1110. The summed E-state index contributed by atoms with van der Waals surface area (Å²) in [6.07, 6.45) is 0. The second-order valence-electron chi connectivity index (χ2n) is 6.22. The van der Waals surface area contributed by atoms with Gasteiger partial charge in [-0.25, -0.2) is 18.2 Å². The molecule has 0 saturated heterocycles. The molecule has 2 N–H and O–H groups in total. The predicted molar refractivity (Wildman–Crippen MR) is 106 cm³/mol. The smallest absolute Gasteiger partial charge is 0.257 e. The first-order valence-electron chi connectivity index (χ1n) is 8.75. The quantitative estimate of drug-likeness (QED) is 0.602. The highest BCUT2D eigenvalue weighted by atomic mass is 19.2. The van der Waals surface area contributed by atoms with Gasteiger partial charge in [-0.2, -0.15) is 0 Å². The molecular formula is C21H18F3N3O3. The molecule has 6 nitrogen and oxygen atoms in total. The minimum Gasteiger partial charge on any atom is -0.494 e. The molecule has 3 rings (SSSR count). The number of pyridine rings is 1. The molecule has 0 radical (unpaired) electrons. The molecule has 30 heavy (non-hydrogen) atoms. The van der Waals surface area contributed by atoms with Gasteiger partial charge in [0.05, 0.1) is 42.5 Å². The Morgan fingerprint density at radius 1 is 0.900 bits per heavy atom. The van der Waals surface area contributed by atoms with Crippen molar-refractivity contribution in [1.29, 1.82) is 0 Å². The van der Waals surface area contributed by atoms with Gasteiger partial charge in [0, 0.05) is 18.2 Å². The van der Waals surface area contributed by atoms with Gasteiger partial charge in [-0.15, -0.1) is 0 Å². The molecule has 156 valence electrons. The normalized spacial score (nSPS) is 10.5. The van der Waals surface area contributed by atoms with Crippen molar-refractivity contribution in [3.05, 3.63) is 71.2 Å². The number of amides is 1. The number of aromatic nitrogens is 1. The number of anilines is 3. The zero-order valence-corrected chi connectivity index (χ0v) is 16.3. The lowest BCUT2D eigenvalue weighted by molar-refractivity contribution is 0.102. The molecule has 1 aromatic heterocycles. The number of ether oxygens (including phenoxy) is 2. The summed E-state index contributed by atoms with van der Waals surface area (Å²) in [5.41, 5.74) is 0.906. The Morgan fingerprint density at radius 3 is 2.27 bits per heavy atom. The van der Waals surface area contributed by atoms with E-state index < -0.39 is 23.4 Å². The number of benzene rings is 2. The summed E-state index contributed by atoms with van der Waals surface area (Å²) in [4.78, 5) is 17.0. The Hall–Kier alpha value is -3.75. The highest BCUT2D eigenvalue weighted by molar-refractivity contribution is 6.08. The summed E-state index contributed by atoms with van der Waals surface area (Å²) >= 11 is 0. The van der Waals surface area contributed by atoms with Gasteiger partial charge >= 0.3 is 0 Å². The highest BCUT2D eigenvalue weighted by Crippen LogP contribution is 2.31. The third-order valence-corrected chi connectivity index (χ3v) is 4.26. The zero-order chi connectivity index (χ0) is 21.8. The number of nitrogens with zero attached hydrogens (tertiary/aromatic N) is 1. The summed E-state index contributed by atoms with van der Waals surface area (Å²) in [7, 11) is 2.79. The van der Waals surface area contributed by atoms with Crippen LogP contribution in [0.1, 0.15) is 16.1 Å². The van der Waals surface area contributed by atoms with Crippen LogP contribution < -0.4 is 20.1 Å². The highest BCUT2D eigenvalue weighted by Gasteiger charge is 2.19. The van der Waals surface area contributed by atoms with E-state index in [4.69, 9.17) is 9.47 Å². The van der Waals surface area contributed by atoms with Crippen molar-refractivity contribution in [3.63, 3.8) is 0 Å². The lowest BCUT2D eigenvalue weighted by atomic mass is 10.1. The molecule has 0 aliphatic rings. The first kappa shape index (κ1) is 21.0. The number of carbonyl (C=O) groups is 1. The molecule has 1 amide bonds. The number of nitrogens with one attached hydrogen (secondary N) is 2. The molecule has 0 saturated carbocycles. The molecule has 0 fully saturated rings. The summed E-state index contributed by atoms with van der Waals surface area (Å²) in [5.74, 6) is -3.10. The minimum absolute atomic E-state index is 0.0320. The van der Waals surface area contributed by atoms with Crippen molar-refractivity contribution in [2.24, 2.45) is 0 Å². The van der Waals surface area contributed by atoms with Crippen LogP contribution in [0.3, 0.4) is 0 Å². The van der Waals surface area contributed by atoms with E-state index in [0.29, 0.717) is 17.3 Å². The molecule has 9 heteroatoms. The number of aryl methyl sites for hydroxylation is 1. The molecule has 0 atom stereocenters. The van der Waals surface area contributed by atoms with Gasteiger partial charge in [0.1, 0.15) is 11.6 Å². The molecule has 0 bridgehead atoms. The molecule has 3 aromatic rings. The molecule has 0 unspecified atom stereocenters. The van der Waals surface area contributed by atoms with Crippen molar-refractivity contribution < 1.29 is 27.4 Å². The largest absolute Gasteiger partial charge is 0.494 e. The first-order valence-corrected chi connectivity index (χ1v) is 8.75. The van der Waals surface area contributed by atoms with E-state index in [9.17, 15) is 18.0 Å². The summed E-state index contributed by atoms with van der Waals surface area (Å²) < 4.78 is 51.3. The van der Waals surface area contributed by atoms with Crippen LogP contribution in [-0.4, -0.2) is 25.1 Å². The van der Waals surface area contributed by atoms with Crippen LogP contribution in [0.15, 0.2) is 42.5 Å². The Balaban J connectivity index is 1.97. The van der Waals surface area contributed by atoms with E-state index in [-0.39, 0.29) is 22.7 Å². The number of hydrogen-bond acceptors (Lipinski definition) is 5. The second-order valence-corrected chi connectivity index (χ2v) is 6.22. The van der Waals surface area contributed by atoms with Crippen molar-refractivity contribution in [2.75, 3.05) is 24.9 Å². The Labute approximate surface area is 170 Å². The number of methoxy groups -OCH3 is 2. The summed E-state index contributed by atoms with van der Waals surface area (Å²) in [6, 6.07) is 8.38. The van der Waals surface area contributed by atoms with E-state index in [1.165, 1.54) is 20.3 Å². The summed E-state index contributed by atoms with van der Waals surface area (Å²) in [6.45, 7) is 1.66. The van der Waals surface area contributed by atoms with E-state index in [2.05, 4.69) is 15.6 Å². The van der Waals surface area contributed by atoms with Crippen molar-refractivity contribution in [3.8, 4) is 11.6 Å². The number of rotatable bonds is 6. The van der Waals surface area contributed by atoms with Gasteiger partial charge in [-0.05, 0) is 31.2 Å². The maximum atomic E-state index is 13.9. The molecule has 0 aliphatic carbocycles. The third kappa shape index (κ3) is 4.45. The van der Waals surface area contributed by atoms with Gasteiger partial charge in [0.2, 0.25) is 5.88 Å². The monoisotopic (exact) mass is 417 g/mol. The van der Waals surface area contributed by atoms with Crippen molar-refractivity contribution in [1.82, 2.24) is 4.98 Å². The van der Waals surface area contributed by atoms with Gasteiger partial charge in [0.15, 0.2) is 11.6 Å². The van der Waals surface area contributed by atoms with Crippen LogP contribution in [0.2, 0.25) is 0 Å². The van der Waals surface area contributed by atoms with E-state index in [1.54, 1.807) is 19.1 Å². The molecule has 1 heterocycles. The van der Waals surface area contributed by atoms with Gasteiger partial charge in [0.25, 0.3) is 5.91 Å². The van der Waals surface area contributed by atoms with Crippen molar-refractivity contribution >= 4 is 23.0 Å². The predicted octanol–water partition coefficient (Wildman–Crippen LogP) is 4.82. The number of halogens is 3. The minimum atomic E-state index is -1.19. The SMILES string of the molecule is COc1ccc(NC(=O)c2cc(F)c(F)cc2Nc2ccc(F)cc2OC)c(C)n1. The fraction of sp³-hybridized carbons (Fsp3) is 0.143. The first-order chi connectivity index (χ1) is 14.3. The fourth-order valence-corrected chi connectivity index (χ4v) is 2.72. The topological polar surface area (TPSA) is 72.5 Å². The van der Waals surface area contributed by atoms with Crippen LogP contribution in [0.25, 0.3) is 0 Å². The van der Waals surface area contributed by atoms with Crippen LogP contribution in [0.4, 0.5) is 30.2 Å². The summed E-state index contributed by atoms with van der Waals surface area (Å²) in [5, 5.41) is 5.40. The third-order valence-electron chi connectivity index (χ3n) is 4.26. The number of carbonyl (C=O) groups excluding carboxylic acids is 1. The standard InChI is InChI=1S/C21H18F3N3O3/c1-11-16(6-7-20(25-11)30-3)27-21(28)13-9-14(23)15(24)10-18(13)26-17-5-4-12(22)8-19(17)29-2/h4-10,26H,1-3H3,(H,27,28). The molecule has 0 spiro atoms. The average molecular weight is 417 g/mol. The Morgan fingerprint density at radius 2 is 1.60 bits per heavy atom. The van der Waals surface area contributed by atoms with Crippen LogP contribution in [0, 0.1) is 24.4 Å². The van der Waals surface area contributed by atoms with E-state index in [1.807, 2.05) is 0 Å². The van der Waals surface area contributed by atoms with Gasteiger partial charge in [-0.3, -0.25) is 4.79 Å². The van der Waals surface area contributed by atoms with E-state index >= 15 is 0 Å². The van der Waals surface area contributed by atoms with Crippen LogP contribution in [-0.2, 0) is 0 Å². The lowest BCUT2D eigenvalue weighted by Crippen LogP contribution is -2.16. The maximum Gasteiger partial charge on any atom is 0.257 e. The fourth-order valence-electron chi connectivity index (χ4n) is 2.72. The Kier molecular flexibility index (Phi) is 6.10. The number of hydrogen-bond donors (Lipinski definition) is 2. The average Bonchev–Trinajstić information content (AvgIpc) is 2.73. The van der Waals surface area contributed by atoms with Gasteiger partial charge in [-0.1, -0.05) is 0 Å². The molecule has 2 aromatic carbocycles.